The number of aromatic nitrogens is 5. The van der Waals surface area contributed by atoms with E-state index in [4.69, 9.17) is 0 Å². The van der Waals surface area contributed by atoms with E-state index in [1.54, 1.807) is 16.0 Å². The van der Waals surface area contributed by atoms with E-state index in [-0.39, 0.29) is 0 Å². The van der Waals surface area contributed by atoms with Crippen LogP contribution in [0.1, 0.15) is 9.88 Å². The second-order valence-electron chi connectivity index (χ2n) is 3.97. The first-order valence-electron chi connectivity index (χ1n) is 5.82. The number of tetrazole rings is 1. The minimum Gasteiger partial charge on any atom is -0.346 e. The van der Waals surface area contributed by atoms with Crippen LogP contribution in [-0.4, -0.2) is 25.2 Å². The molecule has 0 fully saturated rings. The number of benzene rings is 1. The molecule has 0 unspecified atom stereocenters. The summed E-state index contributed by atoms with van der Waals surface area (Å²) >= 11 is 1.66. The third-order valence-corrected chi connectivity index (χ3v) is 3.45. The van der Waals surface area contributed by atoms with Crippen molar-refractivity contribution in [2.45, 2.75) is 13.5 Å². The molecule has 2 heterocycles. The van der Waals surface area contributed by atoms with Gasteiger partial charge in [0.25, 0.3) is 0 Å². The second kappa shape index (κ2) is 5.15. The molecule has 6 nitrogen and oxygen atoms in total. The molecule has 3 aromatic rings. The SMILES string of the molecule is Cc1cnc(CNc2nnnn2-c2ccccc2)s1. The summed E-state index contributed by atoms with van der Waals surface area (Å²) in [7, 11) is 0. The molecule has 2 aromatic heterocycles. The Morgan fingerprint density at radius 3 is 2.84 bits per heavy atom. The Labute approximate surface area is 114 Å². The van der Waals surface area contributed by atoms with Gasteiger partial charge in [0.15, 0.2) is 0 Å². The summed E-state index contributed by atoms with van der Waals surface area (Å²) in [6, 6.07) is 9.76. The summed E-state index contributed by atoms with van der Waals surface area (Å²) in [5, 5.41) is 15.9. The third-order valence-electron chi connectivity index (χ3n) is 2.54. The van der Waals surface area contributed by atoms with Crippen LogP contribution in [0.25, 0.3) is 5.69 Å². The van der Waals surface area contributed by atoms with Gasteiger partial charge in [-0.05, 0) is 29.5 Å². The zero-order chi connectivity index (χ0) is 13.1. The molecule has 1 aromatic carbocycles. The highest BCUT2D eigenvalue weighted by Gasteiger charge is 2.08. The Balaban J connectivity index is 1.77. The normalized spacial score (nSPS) is 10.6. The summed E-state index contributed by atoms with van der Waals surface area (Å²) in [5.41, 5.74) is 0.922. The van der Waals surface area contributed by atoms with Crippen molar-refractivity contribution in [2.24, 2.45) is 0 Å². The molecule has 0 aliphatic heterocycles. The van der Waals surface area contributed by atoms with Crippen LogP contribution in [0.5, 0.6) is 0 Å². The van der Waals surface area contributed by atoms with Crippen molar-refractivity contribution in [3.05, 3.63) is 46.4 Å². The topological polar surface area (TPSA) is 68.5 Å². The van der Waals surface area contributed by atoms with E-state index in [2.05, 4.69) is 25.8 Å². The molecule has 0 saturated heterocycles. The molecular weight excluding hydrogens is 260 g/mol. The predicted molar refractivity (Wildman–Crippen MR) is 73.3 cm³/mol. The van der Waals surface area contributed by atoms with Crippen LogP contribution >= 0.6 is 11.3 Å². The third kappa shape index (κ3) is 2.60. The maximum absolute atomic E-state index is 4.30. The Hall–Kier alpha value is -2.28. The van der Waals surface area contributed by atoms with Gasteiger partial charge in [0, 0.05) is 11.1 Å². The summed E-state index contributed by atoms with van der Waals surface area (Å²) in [4.78, 5) is 5.49. The first-order chi connectivity index (χ1) is 9.33. The van der Waals surface area contributed by atoms with Crippen LogP contribution in [0.2, 0.25) is 0 Å². The second-order valence-corrected chi connectivity index (χ2v) is 5.29. The highest BCUT2D eigenvalue weighted by molar-refractivity contribution is 7.11. The first-order valence-corrected chi connectivity index (χ1v) is 6.63. The number of aryl methyl sites for hydroxylation is 1. The number of para-hydroxylation sites is 1. The van der Waals surface area contributed by atoms with Gasteiger partial charge in [-0.15, -0.1) is 11.3 Å². The van der Waals surface area contributed by atoms with Crippen molar-refractivity contribution in [3.63, 3.8) is 0 Å². The highest BCUT2D eigenvalue weighted by Crippen LogP contribution is 2.14. The van der Waals surface area contributed by atoms with E-state index >= 15 is 0 Å². The van der Waals surface area contributed by atoms with E-state index in [9.17, 15) is 0 Å². The summed E-state index contributed by atoms with van der Waals surface area (Å²) in [6.07, 6.45) is 1.86. The van der Waals surface area contributed by atoms with Crippen molar-refractivity contribution in [1.82, 2.24) is 25.2 Å². The average Bonchev–Trinajstić information content (AvgIpc) is 3.06. The molecule has 19 heavy (non-hydrogen) atoms. The van der Waals surface area contributed by atoms with Crippen molar-refractivity contribution >= 4 is 17.3 Å². The molecular formula is C12H12N6S. The monoisotopic (exact) mass is 272 g/mol. The molecule has 0 aliphatic carbocycles. The fraction of sp³-hybridized carbons (Fsp3) is 0.167. The first kappa shape index (κ1) is 11.8. The Bertz CT molecular complexity index is 660. The Morgan fingerprint density at radius 1 is 1.26 bits per heavy atom. The van der Waals surface area contributed by atoms with E-state index in [0.29, 0.717) is 12.5 Å². The lowest BCUT2D eigenvalue weighted by Gasteiger charge is -2.05. The molecule has 1 N–H and O–H groups in total. The minimum atomic E-state index is 0.610. The summed E-state index contributed by atoms with van der Waals surface area (Å²) in [5.74, 6) is 0.610. The zero-order valence-electron chi connectivity index (χ0n) is 10.3. The molecule has 0 bridgehead atoms. The number of rotatable bonds is 4. The smallest absolute Gasteiger partial charge is 0.248 e. The number of thiazole rings is 1. The van der Waals surface area contributed by atoms with Gasteiger partial charge in [-0.1, -0.05) is 23.3 Å². The molecule has 0 amide bonds. The lowest BCUT2D eigenvalue weighted by atomic mass is 10.3. The Morgan fingerprint density at radius 2 is 2.11 bits per heavy atom. The molecule has 96 valence electrons. The molecule has 3 rings (SSSR count). The van der Waals surface area contributed by atoms with Gasteiger partial charge in [0.05, 0.1) is 12.2 Å². The molecule has 0 radical (unpaired) electrons. The van der Waals surface area contributed by atoms with Crippen molar-refractivity contribution < 1.29 is 0 Å². The minimum absolute atomic E-state index is 0.610. The van der Waals surface area contributed by atoms with Gasteiger partial charge < -0.3 is 5.32 Å². The maximum Gasteiger partial charge on any atom is 0.248 e. The zero-order valence-corrected chi connectivity index (χ0v) is 11.1. The van der Waals surface area contributed by atoms with Gasteiger partial charge in [0.1, 0.15) is 5.01 Å². The highest BCUT2D eigenvalue weighted by atomic mass is 32.1. The van der Waals surface area contributed by atoms with E-state index in [1.807, 2.05) is 43.5 Å². The summed E-state index contributed by atoms with van der Waals surface area (Å²) in [6.45, 7) is 2.65. The molecule has 0 atom stereocenters. The lowest BCUT2D eigenvalue weighted by molar-refractivity contribution is 0.789. The van der Waals surface area contributed by atoms with Gasteiger partial charge in [-0.3, -0.25) is 0 Å². The number of nitrogens with one attached hydrogen (secondary N) is 1. The molecule has 0 aliphatic rings. The van der Waals surface area contributed by atoms with Crippen molar-refractivity contribution in [3.8, 4) is 5.69 Å². The van der Waals surface area contributed by atoms with Gasteiger partial charge in [0.2, 0.25) is 5.95 Å². The lowest BCUT2D eigenvalue weighted by Crippen LogP contribution is -2.07. The maximum atomic E-state index is 4.30. The predicted octanol–water partition coefficient (Wildman–Crippen LogP) is 2.04. The Kier molecular flexibility index (Phi) is 3.20. The van der Waals surface area contributed by atoms with Crippen LogP contribution in [0.4, 0.5) is 5.95 Å². The van der Waals surface area contributed by atoms with Gasteiger partial charge in [-0.2, -0.15) is 4.68 Å². The number of nitrogens with zero attached hydrogens (tertiary/aromatic N) is 5. The molecule has 7 heteroatoms. The van der Waals surface area contributed by atoms with E-state index < -0.39 is 0 Å². The number of hydrogen-bond acceptors (Lipinski definition) is 6. The fourth-order valence-electron chi connectivity index (χ4n) is 1.68. The van der Waals surface area contributed by atoms with Crippen LogP contribution < -0.4 is 5.32 Å². The van der Waals surface area contributed by atoms with Crippen LogP contribution in [0.3, 0.4) is 0 Å². The number of anilines is 1. The van der Waals surface area contributed by atoms with Gasteiger partial charge in [-0.25, -0.2) is 4.98 Å². The van der Waals surface area contributed by atoms with E-state index in [1.165, 1.54) is 4.88 Å². The molecule has 0 saturated carbocycles. The quantitative estimate of drug-likeness (QED) is 0.787. The van der Waals surface area contributed by atoms with Crippen molar-refractivity contribution in [2.75, 3.05) is 5.32 Å². The fourth-order valence-corrected chi connectivity index (χ4v) is 2.41. The van der Waals surface area contributed by atoms with E-state index in [0.717, 1.165) is 10.7 Å². The molecule has 0 spiro atoms. The number of hydrogen-bond donors (Lipinski definition) is 1. The van der Waals surface area contributed by atoms with Crippen LogP contribution in [-0.2, 0) is 6.54 Å². The largest absolute Gasteiger partial charge is 0.346 e. The summed E-state index contributed by atoms with van der Waals surface area (Å²) < 4.78 is 1.67. The van der Waals surface area contributed by atoms with Crippen LogP contribution in [0.15, 0.2) is 36.5 Å². The van der Waals surface area contributed by atoms with Crippen LogP contribution in [0, 0.1) is 6.92 Å². The van der Waals surface area contributed by atoms with Gasteiger partial charge >= 0.3 is 0 Å². The average molecular weight is 272 g/mol. The van der Waals surface area contributed by atoms with Crippen molar-refractivity contribution in [1.29, 1.82) is 0 Å². The standard InChI is InChI=1S/C12H12N6S/c1-9-7-13-11(19-9)8-14-12-15-16-17-18(12)10-5-3-2-4-6-10/h2-7H,8H2,1H3,(H,14,15,17).